The Morgan fingerprint density at radius 1 is 1.27 bits per heavy atom. The molecule has 2 heteroatoms. The first kappa shape index (κ1) is 9.87. The molecule has 0 aliphatic carbocycles. The summed E-state index contributed by atoms with van der Waals surface area (Å²) in [6, 6.07) is 10.5. The molecule has 0 N–H and O–H groups in total. The number of quaternary nitrogens is 1. The summed E-state index contributed by atoms with van der Waals surface area (Å²) in [5.41, 5.74) is 1.32. The minimum atomic E-state index is 0.744. The predicted octanol–water partition coefficient (Wildman–Crippen LogP) is 2.70. The van der Waals surface area contributed by atoms with Gasteiger partial charge in [-0.2, -0.15) is 0 Å². The molecule has 1 atom stereocenters. The van der Waals surface area contributed by atoms with Crippen LogP contribution in [0.2, 0.25) is 0 Å². The molecule has 0 fully saturated rings. The second-order valence-corrected chi connectivity index (χ2v) is 3.78. The molecule has 0 radical (unpaired) electrons. The predicted molar refractivity (Wildman–Crippen MR) is 63.1 cm³/mol. The lowest BCUT2D eigenvalue weighted by molar-refractivity contribution is -0.787. The molecule has 2 nitrogen and oxygen atoms in total. The van der Waals surface area contributed by atoms with Gasteiger partial charge >= 0.3 is 0 Å². The molecule has 0 amide bonds. The van der Waals surface area contributed by atoms with Gasteiger partial charge in [0.05, 0.1) is 6.20 Å². The van der Waals surface area contributed by atoms with Crippen LogP contribution in [0.3, 0.4) is 0 Å². The third kappa shape index (κ3) is 2.22. The highest BCUT2D eigenvalue weighted by Crippen LogP contribution is 2.17. The summed E-state index contributed by atoms with van der Waals surface area (Å²) in [4.78, 5) is 4.17. The van der Waals surface area contributed by atoms with E-state index in [0.717, 1.165) is 17.6 Å². The molecule has 0 spiro atoms. The van der Waals surface area contributed by atoms with Crippen LogP contribution < -0.4 is 0 Å². The summed E-state index contributed by atoms with van der Waals surface area (Å²) < 4.78 is 0.744. The van der Waals surface area contributed by atoms with Crippen LogP contribution in [0.1, 0.15) is 5.56 Å². The first-order valence-corrected chi connectivity index (χ1v) is 5.08. The molecule has 1 aliphatic rings. The molecule has 1 aromatic rings. The van der Waals surface area contributed by atoms with Crippen molar-refractivity contribution in [1.82, 2.24) is 0 Å². The molecule has 2 rings (SSSR count). The number of hydrogen-bond acceptors (Lipinski definition) is 1. The molecule has 1 heterocycles. The van der Waals surface area contributed by atoms with E-state index in [9.17, 15) is 0 Å². The molecule has 1 unspecified atom stereocenters. The highest BCUT2D eigenvalue weighted by molar-refractivity contribution is 5.51. The Morgan fingerprint density at radius 2 is 2.07 bits per heavy atom. The number of aliphatic imine (C=N–C) groups is 1. The fourth-order valence-electron chi connectivity index (χ4n) is 1.81. The van der Waals surface area contributed by atoms with Crippen LogP contribution in [-0.2, 0) is 6.54 Å². The van der Waals surface area contributed by atoms with Gasteiger partial charge in [-0.15, -0.1) is 0 Å². The monoisotopic (exact) mass is 199 g/mol. The molecule has 0 saturated carbocycles. The van der Waals surface area contributed by atoms with E-state index >= 15 is 0 Å². The van der Waals surface area contributed by atoms with Crippen molar-refractivity contribution in [3.05, 3.63) is 61.0 Å². The third-order valence-corrected chi connectivity index (χ3v) is 2.54. The summed E-state index contributed by atoms with van der Waals surface area (Å²) in [5, 5.41) is 0. The van der Waals surface area contributed by atoms with Crippen molar-refractivity contribution < 1.29 is 4.48 Å². The van der Waals surface area contributed by atoms with E-state index < -0.39 is 0 Å². The quantitative estimate of drug-likeness (QED) is 0.522. The Bertz CT molecular complexity index is 378. The van der Waals surface area contributed by atoms with Crippen LogP contribution >= 0.6 is 0 Å². The van der Waals surface area contributed by atoms with Crippen LogP contribution in [0.5, 0.6) is 0 Å². The van der Waals surface area contributed by atoms with E-state index in [0.29, 0.717) is 0 Å². The zero-order chi connectivity index (χ0) is 10.6. The Balaban J connectivity index is 2.18. The molecule has 1 aliphatic heterocycles. The summed E-state index contributed by atoms with van der Waals surface area (Å²) in [6.07, 6.45) is 7.86. The Morgan fingerprint density at radius 3 is 2.67 bits per heavy atom. The van der Waals surface area contributed by atoms with Gasteiger partial charge in [0, 0.05) is 5.56 Å². The van der Waals surface area contributed by atoms with Crippen molar-refractivity contribution in [2.75, 3.05) is 6.54 Å². The molecule has 0 bridgehead atoms. The standard InChI is InChI=1S/C13H15N2/c1-2-9-15(10-8-14-12-15)11-13-6-4-3-5-7-13/h2-8,10,12H,1,9,11H2/q+1. The third-order valence-electron chi connectivity index (χ3n) is 2.54. The van der Waals surface area contributed by atoms with Gasteiger partial charge < -0.3 is 0 Å². The van der Waals surface area contributed by atoms with Gasteiger partial charge in [0.1, 0.15) is 19.3 Å². The average Bonchev–Trinajstić information content (AvgIpc) is 2.69. The molecule has 76 valence electrons. The van der Waals surface area contributed by atoms with Gasteiger partial charge in [-0.3, -0.25) is 0 Å². The molecule has 0 aromatic heterocycles. The first-order valence-electron chi connectivity index (χ1n) is 5.08. The lowest BCUT2D eigenvalue weighted by Crippen LogP contribution is -2.38. The van der Waals surface area contributed by atoms with E-state index in [1.807, 2.05) is 24.7 Å². The van der Waals surface area contributed by atoms with Crippen molar-refractivity contribution in [2.45, 2.75) is 6.54 Å². The van der Waals surface area contributed by atoms with E-state index in [1.54, 1.807) is 0 Å². The summed E-state index contributed by atoms with van der Waals surface area (Å²) >= 11 is 0. The van der Waals surface area contributed by atoms with Gasteiger partial charge in [-0.25, -0.2) is 9.48 Å². The van der Waals surface area contributed by atoms with Gasteiger partial charge in [0.15, 0.2) is 6.34 Å². The van der Waals surface area contributed by atoms with Crippen LogP contribution in [0.4, 0.5) is 0 Å². The van der Waals surface area contributed by atoms with Crippen molar-refractivity contribution in [2.24, 2.45) is 4.99 Å². The number of benzene rings is 1. The summed E-state index contributed by atoms with van der Waals surface area (Å²) in [6.45, 7) is 5.62. The number of hydrogen-bond donors (Lipinski definition) is 0. The lowest BCUT2D eigenvalue weighted by Gasteiger charge is -2.25. The van der Waals surface area contributed by atoms with Gasteiger partial charge in [0.25, 0.3) is 0 Å². The fraction of sp³-hybridized carbons (Fsp3) is 0.154. The topological polar surface area (TPSA) is 12.4 Å². The zero-order valence-corrected chi connectivity index (χ0v) is 8.71. The van der Waals surface area contributed by atoms with E-state index in [1.165, 1.54) is 5.56 Å². The molecule has 15 heavy (non-hydrogen) atoms. The van der Waals surface area contributed by atoms with E-state index in [-0.39, 0.29) is 0 Å². The highest BCUT2D eigenvalue weighted by atomic mass is 15.4. The maximum Gasteiger partial charge on any atom is 0.195 e. The normalized spacial score (nSPS) is 23.2. The molecule has 0 saturated heterocycles. The van der Waals surface area contributed by atoms with E-state index in [2.05, 4.69) is 42.0 Å². The SMILES string of the molecule is C=CC[N+]1(Cc2ccccc2)C=CN=C1. The van der Waals surface area contributed by atoms with Crippen LogP contribution in [0.25, 0.3) is 0 Å². The zero-order valence-electron chi connectivity index (χ0n) is 8.71. The fourth-order valence-corrected chi connectivity index (χ4v) is 1.81. The Labute approximate surface area is 90.5 Å². The summed E-state index contributed by atoms with van der Waals surface area (Å²) in [5.74, 6) is 0. The molecular formula is C13H15N2+. The Kier molecular flexibility index (Phi) is 2.79. The van der Waals surface area contributed by atoms with Gasteiger partial charge in [0.2, 0.25) is 0 Å². The lowest BCUT2D eigenvalue weighted by atomic mass is 10.2. The number of nitrogens with zero attached hydrogens (tertiary/aromatic N) is 2. The highest BCUT2D eigenvalue weighted by Gasteiger charge is 2.24. The maximum absolute atomic E-state index is 4.17. The minimum Gasteiger partial charge on any atom is -0.247 e. The van der Waals surface area contributed by atoms with Crippen molar-refractivity contribution in [1.29, 1.82) is 0 Å². The van der Waals surface area contributed by atoms with Gasteiger partial charge in [-0.1, -0.05) is 36.9 Å². The minimum absolute atomic E-state index is 0.744. The van der Waals surface area contributed by atoms with E-state index in [4.69, 9.17) is 0 Å². The van der Waals surface area contributed by atoms with Crippen molar-refractivity contribution in [3.63, 3.8) is 0 Å². The maximum atomic E-state index is 4.17. The second-order valence-electron chi connectivity index (χ2n) is 3.78. The second kappa shape index (κ2) is 4.24. The largest absolute Gasteiger partial charge is 0.247 e. The smallest absolute Gasteiger partial charge is 0.195 e. The number of rotatable bonds is 4. The van der Waals surface area contributed by atoms with Gasteiger partial charge in [-0.05, 0) is 6.08 Å². The molecule has 1 aromatic carbocycles. The Hall–Kier alpha value is -1.67. The molecular weight excluding hydrogens is 184 g/mol. The van der Waals surface area contributed by atoms with Crippen LogP contribution in [-0.4, -0.2) is 17.4 Å². The van der Waals surface area contributed by atoms with Crippen molar-refractivity contribution in [3.8, 4) is 0 Å². The van der Waals surface area contributed by atoms with Crippen molar-refractivity contribution >= 4 is 6.34 Å². The van der Waals surface area contributed by atoms with Crippen LogP contribution in [0, 0.1) is 0 Å². The first-order chi connectivity index (χ1) is 7.35. The van der Waals surface area contributed by atoms with Crippen LogP contribution in [0.15, 0.2) is 60.4 Å². The average molecular weight is 199 g/mol. The summed E-state index contributed by atoms with van der Waals surface area (Å²) in [7, 11) is 0.